The van der Waals surface area contributed by atoms with E-state index < -0.39 is 5.97 Å². The molecule has 0 aliphatic heterocycles. The molecule has 3 rings (SSSR count). The first-order valence-electron chi connectivity index (χ1n) is 10.1. The molecule has 160 valence electrons. The Kier molecular flexibility index (Phi) is 7.40. The van der Waals surface area contributed by atoms with Crippen LogP contribution in [-0.4, -0.2) is 34.9 Å². The summed E-state index contributed by atoms with van der Waals surface area (Å²) in [6, 6.07) is 18.3. The number of hydrogen-bond acceptors (Lipinski definition) is 5. The van der Waals surface area contributed by atoms with Crippen LogP contribution in [0.2, 0.25) is 0 Å². The highest BCUT2D eigenvalue weighted by Gasteiger charge is 2.23. The van der Waals surface area contributed by atoms with Crippen molar-refractivity contribution in [2.24, 2.45) is 0 Å². The van der Waals surface area contributed by atoms with Crippen LogP contribution >= 0.6 is 0 Å². The SMILES string of the molecule is CCOC(=O)CN(Cc1ccc(C#N)cc1)C(=O)c1c[nH]cc1Cc1cccc(C#N)c1. The molecular formula is C25H22N4O3. The number of amides is 1. The highest BCUT2D eigenvalue weighted by molar-refractivity contribution is 5.97. The molecule has 0 saturated carbocycles. The third kappa shape index (κ3) is 5.62. The zero-order valence-electron chi connectivity index (χ0n) is 17.7. The number of benzene rings is 2. The Morgan fingerprint density at radius 3 is 2.44 bits per heavy atom. The second-order valence-corrected chi connectivity index (χ2v) is 7.16. The minimum absolute atomic E-state index is 0.192. The zero-order chi connectivity index (χ0) is 22.9. The topological polar surface area (TPSA) is 110 Å². The van der Waals surface area contributed by atoms with Crippen molar-refractivity contribution in [2.75, 3.05) is 13.2 Å². The number of nitriles is 2. The number of nitrogens with zero attached hydrogens (tertiary/aromatic N) is 3. The van der Waals surface area contributed by atoms with Crippen LogP contribution in [0.4, 0.5) is 0 Å². The van der Waals surface area contributed by atoms with E-state index in [1.54, 1.807) is 61.8 Å². The fourth-order valence-corrected chi connectivity index (χ4v) is 3.35. The van der Waals surface area contributed by atoms with Crippen molar-refractivity contribution in [3.05, 3.63) is 94.3 Å². The van der Waals surface area contributed by atoms with Gasteiger partial charge in [0.05, 0.1) is 35.4 Å². The van der Waals surface area contributed by atoms with Crippen molar-refractivity contribution in [1.29, 1.82) is 10.5 Å². The second-order valence-electron chi connectivity index (χ2n) is 7.16. The molecule has 1 N–H and O–H groups in total. The first kappa shape index (κ1) is 22.3. The van der Waals surface area contributed by atoms with Crippen LogP contribution in [0.15, 0.2) is 60.9 Å². The van der Waals surface area contributed by atoms with E-state index in [9.17, 15) is 9.59 Å². The van der Waals surface area contributed by atoms with Gasteiger partial charge in [0, 0.05) is 18.9 Å². The van der Waals surface area contributed by atoms with Gasteiger partial charge in [0.2, 0.25) is 0 Å². The van der Waals surface area contributed by atoms with Gasteiger partial charge in [-0.15, -0.1) is 0 Å². The van der Waals surface area contributed by atoms with Crippen LogP contribution in [-0.2, 0) is 22.5 Å². The molecule has 2 aromatic carbocycles. The summed E-state index contributed by atoms with van der Waals surface area (Å²) in [7, 11) is 0. The predicted molar refractivity (Wildman–Crippen MR) is 117 cm³/mol. The lowest BCUT2D eigenvalue weighted by Gasteiger charge is -2.22. The summed E-state index contributed by atoms with van der Waals surface area (Å²) in [6.07, 6.45) is 3.82. The zero-order valence-corrected chi connectivity index (χ0v) is 17.7. The number of carbonyl (C=O) groups excluding carboxylic acids is 2. The second kappa shape index (κ2) is 10.6. The van der Waals surface area contributed by atoms with Crippen molar-refractivity contribution >= 4 is 11.9 Å². The molecule has 0 atom stereocenters. The normalized spacial score (nSPS) is 10.1. The van der Waals surface area contributed by atoms with Crippen LogP contribution in [0.25, 0.3) is 0 Å². The number of ether oxygens (including phenoxy) is 1. The van der Waals surface area contributed by atoms with E-state index in [1.807, 2.05) is 6.07 Å². The Hall–Kier alpha value is -4.36. The third-order valence-corrected chi connectivity index (χ3v) is 4.88. The van der Waals surface area contributed by atoms with Gasteiger partial charge in [-0.05, 0) is 54.3 Å². The third-order valence-electron chi connectivity index (χ3n) is 4.88. The summed E-state index contributed by atoms with van der Waals surface area (Å²) in [6.45, 7) is 1.94. The number of esters is 1. The number of rotatable bonds is 8. The molecule has 0 spiro atoms. The lowest BCUT2D eigenvalue weighted by Crippen LogP contribution is -2.36. The molecule has 0 bridgehead atoms. The molecule has 3 aromatic rings. The molecule has 0 fully saturated rings. The molecule has 32 heavy (non-hydrogen) atoms. The molecule has 1 amide bonds. The van der Waals surface area contributed by atoms with Gasteiger partial charge in [-0.3, -0.25) is 9.59 Å². The maximum atomic E-state index is 13.4. The number of nitrogens with one attached hydrogen (secondary N) is 1. The maximum absolute atomic E-state index is 13.4. The fourth-order valence-electron chi connectivity index (χ4n) is 3.35. The predicted octanol–water partition coefficient (Wildman–Crippen LogP) is 3.55. The first-order chi connectivity index (χ1) is 15.5. The summed E-state index contributed by atoms with van der Waals surface area (Å²) in [5, 5.41) is 18.1. The molecule has 7 nitrogen and oxygen atoms in total. The van der Waals surface area contributed by atoms with Crippen molar-refractivity contribution in [2.45, 2.75) is 19.9 Å². The number of aromatic amines is 1. The first-order valence-corrected chi connectivity index (χ1v) is 10.1. The van der Waals surface area contributed by atoms with E-state index >= 15 is 0 Å². The van der Waals surface area contributed by atoms with Crippen LogP contribution in [0.5, 0.6) is 0 Å². The number of carbonyl (C=O) groups is 2. The van der Waals surface area contributed by atoms with Gasteiger partial charge in [-0.2, -0.15) is 10.5 Å². The van der Waals surface area contributed by atoms with E-state index in [0.717, 1.165) is 16.7 Å². The standard InChI is InChI=1S/C25H22N4O3/c1-2-32-24(30)17-29(16-19-8-6-18(12-26)7-9-19)25(31)23-15-28-14-22(23)11-20-4-3-5-21(10-20)13-27/h3-10,14-15,28H,2,11,16-17H2,1H3. The fraction of sp³-hybridized carbons (Fsp3) is 0.200. The molecule has 0 aliphatic carbocycles. The molecule has 7 heteroatoms. The van der Waals surface area contributed by atoms with E-state index in [4.69, 9.17) is 15.3 Å². The monoisotopic (exact) mass is 426 g/mol. The van der Waals surface area contributed by atoms with Gasteiger partial charge in [-0.25, -0.2) is 0 Å². The summed E-state index contributed by atoms with van der Waals surface area (Å²) >= 11 is 0. The molecule has 0 radical (unpaired) electrons. The highest BCUT2D eigenvalue weighted by atomic mass is 16.5. The van der Waals surface area contributed by atoms with Crippen molar-refractivity contribution in [3.63, 3.8) is 0 Å². The van der Waals surface area contributed by atoms with Gasteiger partial charge in [-0.1, -0.05) is 24.3 Å². The average Bonchev–Trinajstić information content (AvgIpc) is 3.27. The molecule has 1 heterocycles. The average molecular weight is 426 g/mol. The van der Waals surface area contributed by atoms with E-state index in [-0.39, 0.29) is 25.6 Å². The summed E-state index contributed by atoms with van der Waals surface area (Å²) in [4.78, 5) is 30.0. The molecule has 0 unspecified atom stereocenters. The van der Waals surface area contributed by atoms with Crippen LogP contribution < -0.4 is 0 Å². The lowest BCUT2D eigenvalue weighted by molar-refractivity contribution is -0.143. The summed E-state index contributed by atoms with van der Waals surface area (Å²) in [5.74, 6) is -0.802. The van der Waals surface area contributed by atoms with Gasteiger partial charge in [0.15, 0.2) is 0 Å². The Labute approximate surface area is 186 Å². The van der Waals surface area contributed by atoms with Crippen molar-refractivity contribution in [1.82, 2.24) is 9.88 Å². The molecule has 1 aromatic heterocycles. The minimum Gasteiger partial charge on any atom is -0.465 e. The Morgan fingerprint density at radius 1 is 1.00 bits per heavy atom. The Morgan fingerprint density at radius 2 is 1.75 bits per heavy atom. The number of aromatic nitrogens is 1. The largest absolute Gasteiger partial charge is 0.465 e. The van der Waals surface area contributed by atoms with Crippen LogP contribution in [0.1, 0.15) is 45.1 Å². The summed E-state index contributed by atoms with van der Waals surface area (Å²) in [5.41, 5.74) is 3.98. The Bertz CT molecular complexity index is 1180. The van der Waals surface area contributed by atoms with Crippen molar-refractivity contribution < 1.29 is 14.3 Å². The maximum Gasteiger partial charge on any atom is 0.325 e. The quantitative estimate of drug-likeness (QED) is 0.554. The van der Waals surface area contributed by atoms with Gasteiger partial charge in [0.1, 0.15) is 6.54 Å². The van der Waals surface area contributed by atoms with E-state index in [1.165, 1.54) is 4.90 Å². The Balaban J connectivity index is 1.85. The van der Waals surface area contributed by atoms with Gasteiger partial charge in [0.25, 0.3) is 5.91 Å². The number of H-pyrrole nitrogens is 1. The van der Waals surface area contributed by atoms with Crippen LogP contribution in [0.3, 0.4) is 0 Å². The minimum atomic E-state index is -0.492. The van der Waals surface area contributed by atoms with Crippen LogP contribution in [0, 0.1) is 22.7 Å². The van der Waals surface area contributed by atoms with Gasteiger partial charge >= 0.3 is 5.97 Å². The molecule has 0 aliphatic rings. The number of hydrogen-bond donors (Lipinski definition) is 1. The van der Waals surface area contributed by atoms with Gasteiger partial charge < -0.3 is 14.6 Å². The van der Waals surface area contributed by atoms with E-state index in [2.05, 4.69) is 17.1 Å². The molecular weight excluding hydrogens is 404 g/mol. The highest BCUT2D eigenvalue weighted by Crippen LogP contribution is 2.19. The van der Waals surface area contributed by atoms with E-state index in [0.29, 0.717) is 23.1 Å². The van der Waals surface area contributed by atoms with Crippen molar-refractivity contribution in [3.8, 4) is 12.1 Å². The summed E-state index contributed by atoms with van der Waals surface area (Å²) < 4.78 is 5.05. The lowest BCUT2D eigenvalue weighted by atomic mass is 10.0. The smallest absolute Gasteiger partial charge is 0.325 e. The molecule has 0 saturated heterocycles.